The molecule has 0 nitrogen and oxygen atoms in total. The molecule has 1 spiro atoms. The maximum atomic E-state index is 2.53. The average Bonchev–Trinajstić information content (AvgIpc) is 2.84. The minimum Gasteiger partial charge on any atom is -0.0617 e. The summed E-state index contributed by atoms with van der Waals surface area (Å²) in [6.07, 6.45) is 3.07. The Morgan fingerprint density at radius 1 is 0.909 bits per heavy atom. The van der Waals surface area contributed by atoms with Crippen LogP contribution in [0.3, 0.4) is 0 Å². The fourth-order valence-electron chi connectivity index (χ4n) is 5.04. The Hall–Kier alpha value is 0. The van der Waals surface area contributed by atoms with Crippen molar-refractivity contribution < 1.29 is 0 Å². The highest BCUT2D eigenvalue weighted by atomic mass is 15.0. The van der Waals surface area contributed by atoms with Crippen molar-refractivity contribution in [2.45, 2.75) is 40.5 Å². The first-order valence-corrected chi connectivity index (χ1v) is 5.02. The van der Waals surface area contributed by atoms with E-state index in [4.69, 9.17) is 0 Å². The Morgan fingerprint density at radius 2 is 1.27 bits per heavy atom. The zero-order valence-corrected chi connectivity index (χ0v) is 8.07. The maximum absolute atomic E-state index is 2.53. The van der Waals surface area contributed by atoms with Gasteiger partial charge in [-0.15, -0.1) is 0 Å². The smallest absolute Gasteiger partial charge is 0.0173 e. The summed E-state index contributed by atoms with van der Waals surface area (Å²) in [4.78, 5) is 0. The zero-order chi connectivity index (χ0) is 8.07. The average molecular weight is 150 g/mol. The van der Waals surface area contributed by atoms with Crippen LogP contribution >= 0.6 is 0 Å². The Morgan fingerprint density at radius 3 is 1.45 bits per heavy atom. The van der Waals surface area contributed by atoms with Crippen LogP contribution in [-0.2, 0) is 0 Å². The first-order valence-electron chi connectivity index (χ1n) is 5.02. The van der Waals surface area contributed by atoms with Gasteiger partial charge in [0.15, 0.2) is 0 Å². The van der Waals surface area contributed by atoms with Gasteiger partial charge in [0, 0.05) is 0 Å². The third kappa shape index (κ3) is 0.302. The van der Waals surface area contributed by atoms with Gasteiger partial charge in [0.25, 0.3) is 0 Å². The van der Waals surface area contributed by atoms with E-state index in [0.717, 1.165) is 28.1 Å². The molecule has 0 radical (unpaired) electrons. The van der Waals surface area contributed by atoms with Crippen molar-refractivity contribution in [2.24, 2.45) is 28.1 Å². The number of hydrogen-bond donors (Lipinski definition) is 0. The highest BCUT2D eigenvalue weighted by molar-refractivity contribution is 5.42. The lowest BCUT2D eigenvalue weighted by atomic mass is 9.60. The van der Waals surface area contributed by atoms with Crippen molar-refractivity contribution in [1.82, 2.24) is 0 Å². The molecule has 0 heteroatoms. The lowest BCUT2D eigenvalue weighted by Gasteiger charge is -2.44. The van der Waals surface area contributed by atoms with Crippen molar-refractivity contribution >= 4 is 0 Å². The quantitative estimate of drug-likeness (QED) is 0.498. The molecule has 0 saturated heterocycles. The minimum atomic E-state index is 0.763. The van der Waals surface area contributed by atoms with Crippen LogP contribution < -0.4 is 0 Å². The summed E-state index contributed by atoms with van der Waals surface area (Å²) in [7, 11) is 0. The molecule has 4 atom stereocenters. The predicted octanol–water partition coefficient (Wildman–Crippen LogP) is 3.08. The van der Waals surface area contributed by atoms with Crippen LogP contribution in [0.15, 0.2) is 0 Å². The van der Waals surface area contributed by atoms with E-state index in [1.807, 2.05) is 0 Å². The van der Waals surface area contributed by atoms with Gasteiger partial charge in [0.2, 0.25) is 0 Å². The standard InChI is InChI=1S/C11H18/c1-7-8(2)10(4)9(7,3)11(10)5-6-11/h7-8H,5-6H2,1-4H3. The van der Waals surface area contributed by atoms with Crippen molar-refractivity contribution in [3.63, 3.8) is 0 Å². The van der Waals surface area contributed by atoms with Crippen molar-refractivity contribution in [2.75, 3.05) is 0 Å². The molecule has 4 unspecified atom stereocenters. The molecule has 0 aromatic rings. The number of fused-ring (bicyclic) bond motifs is 3. The van der Waals surface area contributed by atoms with Gasteiger partial charge in [0.1, 0.15) is 0 Å². The number of hydrogen-bond acceptors (Lipinski definition) is 0. The first kappa shape index (κ1) is 6.51. The van der Waals surface area contributed by atoms with Gasteiger partial charge >= 0.3 is 0 Å². The largest absolute Gasteiger partial charge is 0.0617 e. The molecule has 0 aromatic heterocycles. The maximum Gasteiger partial charge on any atom is -0.0173 e. The van der Waals surface area contributed by atoms with E-state index in [1.165, 1.54) is 12.8 Å². The topological polar surface area (TPSA) is 0 Å². The van der Waals surface area contributed by atoms with Gasteiger partial charge in [0.05, 0.1) is 0 Å². The van der Waals surface area contributed by atoms with E-state index in [1.54, 1.807) is 0 Å². The Labute approximate surface area is 69.4 Å². The molecule has 3 aliphatic carbocycles. The molecule has 0 heterocycles. The molecule has 0 bridgehead atoms. The molecule has 11 heavy (non-hydrogen) atoms. The monoisotopic (exact) mass is 150 g/mol. The molecule has 62 valence electrons. The zero-order valence-electron chi connectivity index (χ0n) is 8.07. The summed E-state index contributed by atoms with van der Waals surface area (Å²) in [6, 6.07) is 0. The SMILES string of the molecule is CC1C(C)C2(C)C3(CC3)C12C. The minimum absolute atomic E-state index is 0.763. The van der Waals surface area contributed by atoms with Crippen molar-refractivity contribution in [3.8, 4) is 0 Å². The predicted molar refractivity (Wildman–Crippen MR) is 46.2 cm³/mol. The lowest BCUT2D eigenvalue weighted by molar-refractivity contribution is 0.0302. The molecule has 3 fully saturated rings. The van der Waals surface area contributed by atoms with Crippen LogP contribution in [0.4, 0.5) is 0 Å². The van der Waals surface area contributed by atoms with Crippen LogP contribution in [0.25, 0.3) is 0 Å². The summed E-state index contributed by atoms with van der Waals surface area (Å²) < 4.78 is 0. The highest BCUT2D eigenvalue weighted by Gasteiger charge is 2.95. The molecular weight excluding hydrogens is 132 g/mol. The summed E-state index contributed by atoms with van der Waals surface area (Å²) >= 11 is 0. The van der Waals surface area contributed by atoms with Crippen LogP contribution in [0.1, 0.15) is 40.5 Å². The van der Waals surface area contributed by atoms with Crippen molar-refractivity contribution in [3.05, 3.63) is 0 Å². The number of rotatable bonds is 0. The van der Waals surface area contributed by atoms with Gasteiger partial charge < -0.3 is 0 Å². The van der Waals surface area contributed by atoms with Crippen LogP contribution in [-0.4, -0.2) is 0 Å². The first-order chi connectivity index (χ1) is 5.02. The third-order valence-corrected chi connectivity index (χ3v) is 6.33. The van der Waals surface area contributed by atoms with Crippen LogP contribution in [0, 0.1) is 28.1 Å². The molecule has 0 amide bonds. The van der Waals surface area contributed by atoms with Crippen LogP contribution in [0.2, 0.25) is 0 Å². The highest BCUT2D eigenvalue weighted by Crippen LogP contribution is 3.00. The van der Waals surface area contributed by atoms with E-state index in [0.29, 0.717) is 0 Å². The molecular formula is C11H18. The molecule has 3 aliphatic rings. The third-order valence-electron chi connectivity index (χ3n) is 6.33. The summed E-state index contributed by atoms with van der Waals surface area (Å²) in [5.74, 6) is 1.99. The summed E-state index contributed by atoms with van der Waals surface area (Å²) in [6.45, 7) is 9.98. The van der Waals surface area contributed by atoms with Gasteiger partial charge in [-0.1, -0.05) is 27.7 Å². The lowest BCUT2D eigenvalue weighted by Crippen LogP contribution is -2.39. The molecule has 0 N–H and O–H groups in total. The fourth-order valence-corrected chi connectivity index (χ4v) is 5.04. The second kappa shape index (κ2) is 1.20. The summed E-state index contributed by atoms with van der Waals surface area (Å²) in [5.41, 5.74) is 2.37. The van der Waals surface area contributed by atoms with Gasteiger partial charge in [-0.2, -0.15) is 0 Å². The molecule has 0 aliphatic heterocycles. The summed E-state index contributed by atoms with van der Waals surface area (Å²) in [5, 5.41) is 0. The van der Waals surface area contributed by atoms with E-state index in [9.17, 15) is 0 Å². The Kier molecular flexibility index (Phi) is 0.709. The second-order valence-electron chi connectivity index (χ2n) is 5.56. The Bertz CT molecular complexity index is 216. The fraction of sp³-hybridized carbons (Fsp3) is 1.00. The van der Waals surface area contributed by atoms with E-state index < -0.39 is 0 Å². The van der Waals surface area contributed by atoms with Gasteiger partial charge in [-0.25, -0.2) is 0 Å². The van der Waals surface area contributed by atoms with Gasteiger partial charge in [-0.3, -0.25) is 0 Å². The van der Waals surface area contributed by atoms with E-state index >= 15 is 0 Å². The molecule has 0 aromatic carbocycles. The molecule has 3 saturated carbocycles. The Balaban J connectivity index is 2.08. The van der Waals surface area contributed by atoms with Crippen LogP contribution in [0.5, 0.6) is 0 Å². The van der Waals surface area contributed by atoms with E-state index in [-0.39, 0.29) is 0 Å². The van der Waals surface area contributed by atoms with Crippen molar-refractivity contribution in [1.29, 1.82) is 0 Å². The van der Waals surface area contributed by atoms with Gasteiger partial charge in [-0.05, 0) is 40.9 Å². The normalized spacial score (nSPS) is 68.7. The van der Waals surface area contributed by atoms with E-state index in [2.05, 4.69) is 27.7 Å². The second-order valence-corrected chi connectivity index (χ2v) is 5.56. The molecule has 3 rings (SSSR count).